The molecule has 1 aromatic heterocycles. The average Bonchev–Trinajstić information content (AvgIpc) is 2.95. The quantitative estimate of drug-likeness (QED) is 0.829. The highest BCUT2D eigenvalue weighted by molar-refractivity contribution is 7.89. The van der Waals surface area contributed by atoms with Gasteiger partial charge in [-0.25, -0.2) is 13.4 Å². The third-order valence-corrected chi connectivity index (χ3v) is 5.10. The van der Waals surface area contributed by atoms with Gasteiger partial charge in [0, 0.05) is 31.7 Å². The first-order valence-electron chi connectivity index (χ1n) is 6.09. The van der Waals surface area contributed by atoms with E-state index >= 15 is 0 Å². The van der Waals surface area contributed by atoms with Crippen molar-refractivity contribution in [2.24, 2.45) is 5.92 Å². The zero-order valence-electron chi connectivity index (χ0n) is 10.6. The Morgan fingerprint density at radius 2 is 2.28 bits per heavy atom. The highest BCUT2D eigenvalue weighted by atomic mass is 32.2. The third kappa shape index (κ3) is 2.29. The van der Waals surface area contributed by atoms with Crippen molar-refractivity contribution in [3.05, 3.63) is 12.0 Å². The predicted octanol–water partition coefficient (Wildman–Crippen LogP) is 1.19. The number of aryl methyl sites for hydroxylation is 2. The lowest BCUT2D eigenvalue weighted by Gasteiger charge is -2.13. The highest BCUT2D eigenvalue weighted by Gasteiger charge is 2.34. The van der Waals surface area contributed by atoms with Crippen molar-refractivity contribution in [1.29, 1.82) is 0 Å². The van der Waals surface area contributed by atoms with E-state index in [9.17, 15) is 12.8 Å². The number of imidazole rings is 1. The van der Waals surface area contributed by atoms with Gasteiger partial charge in [0.2, 0.25) is 0 Å². The van der Waals surface area contributed by atoms with Gasteiger partial charge in [-0.2, -0.15) is 4.31 Å². The summed E-state index contributed by atoms with van der Waals surface area (Å²) >= 11 is 0. The van der Waals surface area contributed by atoms with Crippen molar-refractivity contribution >= 4 is 10.0 Å². The fourth-order valence-electron chi connectivity index (χ4n) is 2.20. The van der Waals surface area contributed by atoms with Crippen LogP contribution in [0.25, 0.3) is 0 Å². The molecule has 0 aliphatic carbocycles. The highest BCUT2D eigenvalue weighted by Crippen LogP contribution is 2.24. The second-order valence-corrected chi connectivity index (χ2v) is 6.47. The molecular formula is C11H18FN3O2S. The molecule has 2 heterocycles. The molecule has 0 spiro atoms. The lowest BCUT2D eigenvalue weighted by molar-refractivity contribution is 0.366. The second-order valence-electron chi connectivity index (χ2n) is 4.58. The SMILES string of the molecule is CCn1cc(S(=O)(=O)N2CCC(CF)C2)nc1C. The van der Waals surface area contributed by atoms with Crippen molar-refractivity contribution in [1.82, 2.24) is 13.9 Å². The number of alkyl halides is 1. The molecule has 5 nitrogen and oxygen atoms in total. The Morgan fingerprint density at radius 3 is 2.78 bits per heavy atom. The van der Waals surface area contributed by atoms with Crippen molar-refractivity contribution in [2.75, 3.05) is 19.8 Å². The van der Waals surface area contributed by atoms with Crippen molar-refractivity contribution in [3.63, 3.8) is 0 Å². The molecule has 1 unspecified atom stereocenters. The minimum Gasteiger partial charge on any atom is -0.334 e. The molecule has 0 N–H and O–H groups in total. The van der Waals surface area contributed by atoms with Crippen LogP contribution in [0.4, 0.5) is 4.39 Å². The summed E-state index contributed by atoms with van der Waals surface area (Å²) in [5, 5.41) is 0.0707. The van der Waals surface area contributed by atoms with Gasteiger partial charge < -0.3 is 4.57 Å². The van der Waals surface area contributed by atoms with Crippen LogP contribution in [0.5, 0.6) is 0 Å². The molecule has 0 amide bonds. The van der Waals surface area contributed by atoms with Crippen molar-refractivity contribution in [2.45, 2.75) is 31.8 Å². The minimum absolute atomic E-state index is 0.0707. The minimum atomic E-state index is -3.56. The third-order valence-electron chi connectivity index (χ3n) is 3.37. The molecule has 1 aliphatic heterocycles. The Labute approximate surface area is 107 Å². The van der Waals surface area contributed by atoms with Gasteiger partial charge in [-0.05, 0) is 20.3 Å². The van der Waals surface area contributed by atoms with Gasteiger partial charge in [0.25, 0.3) is 10.0 Å². The molecule has 2 rings (SSSR count). The normalized spacial score (nSPS) is 21.6. The smallest absolute Gasteiger partial charge is 0.262 e. The van der Waals surface area contributed by atoms with E-state index in [0.717, 1.165) is 0 Å². The monoisotopic (exact) mass is 275 g/mol. The zero-order chi connectivity index (χ0) is 13.3. The molecule has 102 valence electrons. The van der Waals surface area contributed by atoms with Crippen molar-refractivity contribution in [3.8, 4) is 0 Å². The Hall–Kier alpha value is -0.950. The summed E-state index contributed by atoms with van der Waals surface area (Å²) < 4.78 is 40.3. The van der Waals surface area contributed by atoms with Crippen LogP contribution in [0.2, 0.25) is 0 Å². The number of rotatable bonds is 4. The summed E-state index contributed by atoms with van der Waals surface area (Å²) in [7, 11) is -3.56. The molecule has 0 bridgehead atoms. The van der Waals surface area contributed by atoms with E-state index in [0.29, 0.717) is 25.3 Å². The predicted molar refractivity (Wildman–Crippen MR) is 65.5 cm³/mol. The fraction of sp³-hybridized carbons (Fsp3) is 0.727. The van der Waals surface area contributed by atoms with E-state index in [1.165, 1.54) is 4.31 Å². The first-order valence-corrected chi connectivity index (χ1v) is 7.53. The van der Waals surface area contributed by atoms with Gasteiger partial charge in [-0.15, -0.1) is 0 Å². The van der Waals surface area contributed by atoms with Gasteiger partial charge >= 0.3 is 0 Å². The molecule has 0 radical (unpaired) electrons. The van der Waals surface area contributed by atoms with Gasteiger partial charge in [0.1, 0.15) is 5.82 Å². The zero-order valence-corrected chi connectivity index (χ0v) is 11.5. The maximum atomic E-state index is 12.5. The van der Waals surface area contributed by atoms with Crippen molar-refractivity contribution < 1.29 is 12.8 Å². The maximum absolute atomic E-state index is 12.5. The summed E-state index contributed by atoms with van der Waals surface area (Å²) in [6.07, 6.45) is 2.14. The van der Waals surface area contributed by atoms with Crippen LogP contribution in [-0.4, -0.2) is 42.0 Å². The first-order chi connectivity index (χ1) is 8.48. The number of sulfonamides is 1. The summed E-state index contributed by atoms with van der Waals surface area (Å²) in [5.74, 6) is 0.506. The van der Waals surface area contributed by atoms with Crippen LogP contribution < -0.4 is 0 Å². The number of aromatic nitrogens is 2. The Balaban J connectivity index is 2.25. The van der Waals surface area contributed by atoms with E-state index < -0.39 is 16.7 Å². The van der Waals surface area contributed by atoms with Crippen LogP contribution in [0.1, 0.15) is 19.2 Å². The largest absolute Gasteiger partial charge is 0.334 e. The average molecular weight is 275 g/mol. The number of nitrogens with zero attached hydrogens (tertiary/aromatic N) is 3. The molecule has 1 fully saturated rings. The summed E-state index contributed by atoms with van der Waals surface area (Å²) in [4.78, 5) is 4.09. The molecular weight excluding hydrogens is 257 g/mol. The Morgan fingerprint density at radius 1 is 1.56 bits per heavy atom. The molecule has 18 heavy (non-hydrogen) atoms. The topological polar surface area (TPSA) is 55.2 Å². The molecule has 0 saturated carbocycles. The summed E-state index contributed by atoms with van der Waals surface area (Å²) in [5.41, 5.74) is 0. The van der Waals surface area contributed by atoms with Crippen LogP contribution in [0.3, 0.4) is 0 Å². The van der Waals surface area contributed by atoms with E-state index in [2.05, 4.69) is 4.98 Å². The van der Waals surface area contributed by atoms with Gasteiger partial charge in [-0.3, -0.25) is 4.39 Å². The number of hydrogen-bond acceptors (Lipinski definition) is 3. The lowest BCUT2D eigenvalue weighted by atomic mass is 10.1. The van der Waals surface area contributed by atoms with E-state index in [-0.39, 0.29) is 17.5 Å². The van der Waals surface area contributed by atoms with Crippen LogP contribution in [0, 0.1) is 12.8 Å². The van der Waals surface area contributed by atoms with Crippen LogP contribution >= 0.6 is 0 Å². The van der Waals surface area contributed by atoms with E-state index in [4.69, 9.17) is 0 Å². The standard InChI is InChI=1S/C11H18FN3O2S/c1-3-14-8-11(13-9(14)2)18(16,17)15-5-4-10(6-12)7-15/h8,10H,3-7H2,1-2H3. The molecule has 1 aliphatic rings. The Kier molecular flexibility index (Phi) is 3.72. The first kappa shape index (κ1) is 13.5. The molecule has 1 aromatic rings. The number of halogens is 1. The molecule has 7 heteroatoms. The second kappa shape index (κ2) is 4.97. The van der Waals surface area contributed by atoms with Crippen LogP contribution in [0.15, 0.2) is 11.2 Å². The van der Waals surface area contributed by atoms with Gasteiger partial charge in [0.05, 0.1) is 6.67 Å². The van der Waals surface area contributed by atoms with E-state index in [1.807, 2.05) is 6.92 Å². The van der Waals surface area contributed by atoms with Gasteiger partial charge in [-0.1, -0.05) is 0 Å². The Bertz CT molecular complexity index is 526. The van der Waals surface area contributed by atoms with Gasteiger partial charge in [0.15, 0.2) is 5.03 Å². The lowest BCUT2D eigenvalue weighted by Crippen LogP contribution is -2.29. The van der Waals surface area contributed by atoms with E-state index in [1.54, 1.807) is 17.7 Å². The molecule has 1 saturated heterocycles. The molecule has 0 aromatic carbocycles. The maximum Gasteiger partial charge on any atom is 0.262 e. The molecule has 1 atom stereocenters. The summed E-state index contributed by atoms with van der Waals surface area (Å²) in [6, 6.07) is 0. The van der Waals surface area contributed by atoms with Crippen LogP contribution in [-0.2, 0) is 16.6 Å². The fourth-order valence-corrected chi connectivity index (χ4v) is 3.72. The summed E-state index contributed by atoms with van der Waals surface area (Å²) in [6.45, 7) is 4.57. The number of hydrogen-bond donors (Lipinski definition) is 0.